The van der Waals surface area contributed by atoms with E-state index < -0.39 is 5.91 Å². The number of hydrazone groups is 1. The first-order valence-electron chi connectivity index (χ1n) is 7.69. The molecule has 1 heterocycles. The summed E-state index contributed by atoms with van der Waals surface area (Å²) in [7, 11) is 0. The Labute approximate surface area is 148 Å². The zero-order valence-electron chi connectivity index (χ0n) is 13.6. The number of hydrogen-bond acceptors (Lipinski definition) is 6. The number of phenols is 2. The van der Waals surface area contributed by atoms with Crippen molar-refractivity contribution in [1.82, 2.24) is 15.6 Å². The van der Waals surface area contributed by atoms with Gasteiger partial charge in [-0.25, -0.2) is 5.43 Å². The molecule has 0 aliphatic heterocycles. The summed E-state index contributed by atoms with van der Waals surface area (Å²) in [5.41, 5.74) is 4.56. The predicted octanol–water partition coefficient (Wildman–Crippen LogP) is 2.02. The second-order valence-electron chi connectivity index (χ2n) is 5.32. The number of hydrogen-bond donors (Lipinski definition) is 4. The average Bonchev–Trinajstić information content (AvgIpc) is 3.13. The van der Waals surface area contributed by atoms with Gasteiger partial charge in [-0.05, 0) is 29.3 Å². The fourth-order valence-electron chi connectivity index (χ4n) is 2.11. The fraction of sp³-hybridized carbons (Fsp3) is 0.0556. The van der Waals surface area contributed by atoms with Crippen LogP contribution < -0.4 is 10.2 Å². The monoisotopic (exact) mass is 352 g/mol. The maximum Gasteiger partial charge on any atom is 0.278 e. The van der Waals surface area contributed by atoms with E-state index in [1.807, 2.05) is 30.3 Å². The van der Waals surface area contributed by atoms with Crippen LogP contribution in [0, 0.1) is 0 Å². The van der Waals surface area contributed by atoms with Crippen molar-refractivity contribution in [3.05, 3.63) is 60.2 Å². The molecule has 132 valence electrons. The standard InChI is InChI=1S/C18H16N4O4/c23-15-7-6-12(8-16(15)24)10-19-21-17(25)11-26-18-9-14(20-22-18)13-4-2-1-3-5-13/h1-10,23-24H,11H2,(H,20,22)(H,21,25)/b19-10+. The van der Waals surface area contributed by atoms with Crippen molar-refractivity contribution < 1.29 is 19.7 Å². The van der Waals surface area contributed by atoms with Crippen molar-refractivity contribution in [3.8, 4) is 28.6 Å². The van der Waals surface area contributed by atoms with E-state index in [1.54, 1.807) is 6.07 Å². The summed E-state index contributed by atoms with van der Waals surface area (Å²) >= 11 is 0. The van der Waals surface area contributed by atoms with Crippen LogP contribution in [0.15, 0.2) is 59.7 Å². The molecule has 0 fully saturated rings. The minimum Gasteiger partial charge on any atom is -0.504 e. The van der Waals surface area contributed by atoms with Gasteiger partial charge in [0.15, 0.2) is 18.1 Å². The number of aromatic nitrogens is 2. The molecule has 1 aromatic heterocycles. The molecule has 0 saturated heterocycles. The second-order valence-corrected chi connectivity index (χ2v) is 5.32. The molecule has 8 nitrogen and oxygen atoms in total. The molecular formula is C18H16N4O4. The molecule has 0 spiro atoms. The highest BCUT2D eigenvalue weighted by atomic mass is 16.5. The highest BCUT2D eigenvalue weighted by molar-refractivity contribution is 5.83. The molecule has 0 aliphatic carbocycles. The van der Waals surface area contributed by atoms with Gasteiger partial charge in [0.25, 0.3) is 5.91 Å². The number of carbonyl (C=O) groups is 1. The maximum atomic E-state index is 11.7. The topological polar surface area (TPSA) is 120 Å². The van der Waals surface area contributed by atoms with Crippen LogP contribution in [0.1, 0.15) is 5.56 Å². The lowest BCUT2D eigenvalue weighted by molar-refractivity contribution is -0.123. The van der Waals surface area contributed by atoms with Crippen LogP contribution in [0.4, 0.5) is 0 Å². The molecule has 26 heavy (non-hydrogen) atoms. The van der Waals surface area contributed by atoms with Gasteiger partial charge in [-0.3, -0.25) is 9.89 Å². The molecule has 0 unspecified atom stereocenters. The average molecular weight is 352 g/mol. The van der Waals surface area contributed by atoms with Crippen molar-refractivity contribution in [2.75, 3.05) is 6.61 Å². The molecule has 0 bridgehead atoms. The number of nitrogens with one attached hydrogen (secondary N) is 2. The van der Waals surface area contributed by atoms with Crippen LogP contribution in [0.5, 0.6) is 17.4 Å². The Kier molecular flexibility index (Phi) is 5.14. The van der Waals surface area contributed by atoms with Gasteiger partial charge in [0.1, 0.15) is 0 Å². The molecule has 4 N–H and O–H groups in total. The number of benzene rings is 2. The minimum atomic E-state index is -0.464. The molecule has 0 saturated carbocycles. The van der Waals surface area contributed by atoms with Crippen LogP contribution in [0.3, 0.4) is 0 Å². The molecule has 1 amide bonds. The van der Waals surface area contributed by atoms with E-state index in [9.17, 15) is 15.0 Å². The largest absolute Gasteiger partial charge is 0.504 e. The zero-order valence-corrected chi connectivity index (χ0v) is 13.6. The first-order chi connectivity index (χ1) is 12.6. The third-order valence-corrected chi connectivity index (χ3v) is 3.39. The Morgan fingerprint density at radius 2 is 1.96 bits per heavy atom. The number of amides is 1. The van der Waals surface area contributed by atoms with Crippen molar-refractivity contribution in [2.24, 2.45) is 5.10 Å². The SMILES string of the molecule is O=C(COc1cc(-c2ccccc2)[nH]n1)N/N=C/c1ccc(O)c(O)c1. The van der Waals surface area contributed by atoms with Crippen LogP contribution >= 0.6 is 0 Å². The van der Waals surface area contributed by atoms with E-state index in [1.165, 1.54) is 24.4 Å². The van der Waals surface area contributed by atoms with E-state index in [-0.39, 0.29) is 18.1 Å². The minimum absolute atomic E-state index is 0.228. The van der Waals surface area contributed by atoms with Gasteiger partial charge < -0.3 is 14.9 Å². The van der Waals surface area contributed by atoms with Crippen molar-refractivity contribution in [3.63, 3.8) is 0 Å². The molecule has 2 aromatic carbocycles. The summed E-state index contributed by atoms with van der Waals surface area (Å²) in [6, 6.07) is 15.5. The van der Waals surface area contributed by atoms with E-state index in [2.05, 4.69) is 20.7 Å². The quantitative estimate of drug-likeness (QED) is 0.307. The van der Waals surface area contributed by atoms with Gasteiger partial charge in [0, 0.05) is 6.07 Å². The van der Waals surface area contributed by atoms with Crippen LogP contribution in [-0.4, -0.2) is 39.1 Å². The van der Waals surface area contributed by atoms with E-state index in [0.29, 0.717) is 11.4 Å². The molecular weight excluding hydrogens is 336 g/mol. The van der Waals surface area contributed by atoms with Gasteiger partial charge in [0.05, 0.1) is 11.9 Å². The van der Waals surface area contributed by atoms with E-state index >= 15 is 0 Å². The summed E-state index contributed by atoms with van der Waals surface area (Å²) in [5, 5.41) is 29.2. The summed E-state index contributed by atoms with van der Waals surface area (Å²) in [6.45, 7) is -0.253. The maximum absolute atomic E-state index is 11.7. The number of rotatable bonds is 6. The number of nitrogens with zero attached hydrogens (tertiary/aromatic N) is 2. The lowest BCUT2D eigenvalue weighted by Gasteiger charge is -2.01. The van der Waals surface area contributed by atoms with Crippen molar-refractivity contribution in [2.45, 2.75) is 0 Å². The van der Waals surface area contributed by atoms with Crippen LogP contribution in [-0.2, 0) is 4.79 Å². The number of aromatic amines is 1. The van der Waals surface area contributed by atoms with Crippen molar-refractivity contribution in [1.29, 1.82) is 0 Å². The first-order valence-corrected chi connectivity index (χ1v) is 7.69. The molecule has 0 radical (unpaired) electrons. The van der Waals surface area contributed by atoms with E-state index in [0.717, 1.165) is 11.3 Å². The molecule has 0 aliphatic rings. The van der Waals surface area contributed by atoms with Crippen LogP contribution in [0.2, 0.25) is 0 Å². The van der Waals surface area contributed by atoms with Crippen molar-refractivity contribution >= 4 is 12.1 Å². The Bertz CT molecular complexity index is 922. The number of carbonyl (C=O) groups excluding carboxylic acids is 1. The number of aromatic hydroxyl groups is 2. The lowest BCUT2D eigenvalue weighted by Crippen LogP contribution is -2.24. The number of ether oxygens (including phenoxy) is 1. The first kappa shape index (κ1) is 17.0. The van der Waals surface area contributed by atoms with Crippen LogP contribution in [0.25, 0.3) is 11.3 Å². The highest BCUT2D eigenvalue weighted by Gasteiger charge is 2.07. The smallest absolute Gasteiger partial charge is 0.278 e. The molecule has 0 atom stereocenters. The van der Waals surface area contributed by atoms with Gasteiger partial charge >= 0.3 is 0 Å². The summed E-state index contributed by atoms with van der Waals surface area (Å²) in [5.74, 6) is -0.662. The summed E-state index contributed by atoms with van der Waals surface area (Å²) in [4.78, 5) is 11.7. The van der Waals surface area contributed by atoms with Gasteiger partial charge in [-0.15, -0.1) is 5.10 Å². The third-order valence-electron chi connectivity index (χ3n) is 3.39. The van der Waals surface area contributed by atoms with E-state index in [4.69, 9.17) is 4.74 Å². The lowest BCUT2D eigenvalue weighted by atomic mass is 10.2. The zero-order chi connectivity index (χ0) is 18.4. The van der Waals surface area contributed by atoms with Gasteiger partial charge in [-0.1, -0.05) is 30.3 Å². The fourth-order valence-corrected chi connectivity index (χ4v) is 2.11. The molecule has 8 heteroatoms. The Morgan fingerprint density at radius 1 is 1.15 bits per heavy atom. The Hall–Kier alpha value is -3.81. The number of phenolic OH excluding ortho intramolecular Hbond substituents is 2. The summed E-state index contributed by atoms with van der Waals surface area (Å²) < 4.78 is 5.31. The predicted molar refractivity (Wildman–Crippen MR) is 95.0 cm³/mol. The highest BCUT2D eigenvalue weighted by Crippen LogP contribution is 2.24. The van der Waals surface area contributed by atoms with Gasteiger partial charge in [-0.2, -0.15) is 5.10 Å². The Balaban J connectivity index is 1.49. The molecule has 3 aromatic rings. The third kappa shape index (κ3) is 4.38. The summed E-state index contributed by atoms with van der Waals surface area (Å²) in [6.07, 6.45) is 1.33. The second kappa shape index (κ2) is 7.84. The van der Waals surface area contributed by atoms with Gasteiger partial charge in [0.2, 0.25) is 5.88 Å². The normalized spacial score (nSPS) is 10.8. The molecule has 3 rings (SSSR count). The Morgan fingerprint density at radius 3 is 2.73 bits per heavy atom. The number of H-pyrrole nitrogens is 1.